The van der Waals surface area contributed by atoms with Gasteiger partial charge in [0.25, 0.3) is 5.91 Å². The molecule has 0 saturated carbocycles. The summed E-state index contributed by atoms with van der Waals surface area (Å²) in [5.74, 6) is 0.714. The summed E-state index contributed by atoms with van der Waals surface area (Å²) >= 11 is 0. The van der Waals surface area contributed by atoms with Gasteiger partial charge in [0.05, 0.1) is 0 Å². The molecule has 0 bridgehead atoms. The van der Waals surface area contributed by atoms with Gasteiger partial charge in [0.2, 0.25) is 5.91 Å². The lowest BCUT2D eigenvalue weighted by molar-refractivity contribution is -0.121. The predicted molar refractivity (Wildman–Crippen MR) is 118 cm³/mol. The molecular weight excluding hydrogens is 399 g/mol. The highest BCUT2D eigenvalue weighted by atomic mass is 35.5. The van der Waals surface area contributed by atoms with E-state index in [2.05, 4.69) is 16.0 Å². The van der Waals surface area contributed by atoms with E-state index in [0.717, 1.165) is 31.6 Å². The van der Waals surface area contributed by atoms with Gasteiger partial charge in [-0.25, -0.2) is 0 Å². The lowest BCUT2D eigenvalue weighted by Crippen LogP contribution is -2.31. The summed E-state index contributed by atoms with van der Waals surface area (Å²) in [5.41, 5.74) is 1.65. The molecule has 0 aromatic heterocycles. The molecule has 1 aromatic rings. The molecular formula is C20H34Cl2N4O2. The minimum absolute atomic E-state index is 0. The first kappa shape index (κ1) is 26.7. The molecule has 6 nitrogen and oxygen atoms in total. The molecule has 160 valence electrons. The predicted octanol–water partition coefficient (Wildman–Crippen LogP) is 2.22. The van der Waals surface area contributed by atoms with Gasteiger partial charge in [0, 0.05) is 31.6 Å². The number of hydrogen-bond acceptors (Lipinski definition) is 4. The third-order valence-electron chi connectivity index (χ3n) is 4.79. The van der Waals surface area contributed by atoms with Crippen molar-refractivity contribution in [1.29, 1.82) is 0 Å². The molecule has 1 heterocycles. The normalized spacial score (nSPS) is 14.0. The maximum Gasteiger partial charge on any atom is 0.251 e. The number of hydrogen-bond donors (Lipinski definition) is 3. The second kappa shape index (κ2) is 14.6. The van der Waals surface area contributed by atoms with Crippen molar-refractivity contribution in [2.45, 2.75) is 32.2 Å². The van der Waals surface area contributed by atoms with Gasteiger partial charge >= 0.3 is 0 Å². The maximum absolute atomic E-state index is 12.0. The molecule has 0 aliphatic carbocycles. The van der Waals surface area contributed by atoms with Gasteiger partial charge in [0.1, 0.15) is 0 Å². The van der Waals surface area contributed by atoms with Crippen molar-refractivity contribution in [3.63, 3.8) is 0 Å². The van der Waals surface area contributed by atoms with Crippen LogP contribution in [-0.2, 0) is 11.3 Å². The van der Waals surface area contributed by atoms with Crippen molar-refractivity contribution in [3.8, 4) is 0 Å². The summed E-state index contributed by atoms with van der Waals surface area (Å²) < 4.78 is 0. The number of nitrogens with one attached hydrogen (secondary N) is 3. The summed E-state index contributed by atoms with van der Waals surface area (Å²) in [6, 6.07) is 7.41. The molecule has 0 spiro atoms. The molecule has 0 radical (unpaired) electrons. The minimum atomic E-state index is -0.0654. The molecule has 0 unspecified atom stereocenters. The Hall–Kier alpha value is -1.34. The Balaban J connectivity index is 0.00000364. The lowest BCUT2D eigenvalue weighted by atomic mass is 9.93. The van der Waals surface area contributed by atoms with Crippen LogP contribution in [0, 0.1) is 5.92 Å². The Morgan fingerprint density at radius 1 is 1.07 bits per heavy atom. The van der Waals surface area contributed by atoms with Crippen molar-refractivity contribution in [3.05, 3.63) is 35.4 Å². The molecule has 2 rings (SSSR count). The molecule has 28 heavy (non-hydrogen) atoms. The average molecular weight is 433 g/mol. The van der Waals surface area contributed by atoms with Crippen LogP contribution in [0.3, 0.4) is 0 Å². The van der Waals surface area contributed by atoms with Crippen molar-refractivity contribution in [2.75, 3.05) is 40.3 Å². The fourth-order valence-electron chi connectivity index (χ4n) is 3.06. The summed E-state index contributed by atoms with van der Waals surface area (Å²) in [4.78, 5) is 26.1. The number of carbonyl (C=O) groups is 2. The summed E-state index contributed by atoms with van der Waals surface area (Å²) in [5, 5.41) is 9.21. The van der Waals surface area contributed by atoms with Crippen LogP contribution >= 0.6 is 24.8 Å². The summed E-state index contributed by atoms with van der Waals surface area (Å²) in [6.07, 6.45) is 3.91. The number of rotatable bonds is 9. The Morgan fingerprint density at radius 3 is 2.32 bits per heavy atom. The third-order valence-corrected chi connectivity index (χ3v) is 4.79. The van der Waals surface area contributed by atoms with Crippen molar-refractivity contribution in [1.82, 2.24) is 20.9 Å². The SMILES string of the molecule is CN(C)CCNC(=O)c1ccc(CNC(=O)CCC2CCNCC2)cc1.Cl.Cl. The monoisotopic (exact) mass is 432 g/mol. The highest BCUT2D eigenvalue weighted by Gasteiger charge is 2.14. The van der Waals surface area contributed by atoms with Crippen LogP contribution in [0.1, 0.15) is 41.6 Å². The first-order valence-electron chi connectivity index (χ1n) is 9.54. The van der Waals surface area contributed by atoms with Crippen LogP contribution in [0.25, 0.3) is 0 Å². The molecule has 2 amide bonds. The number of likely N-dealkylation sites (N-methyl/N-ethyl adjacent to an activating group) is 1. The molecule has 8 heteroatoms. The van der Waals surface area contributed by atoms with Gasteiger partial charge in [-0.05, 0) is 70.1 Å². The zero-order valence-electron chi connectivity index (χ0n) is 16.8. The van der Waals surface area contributed by atoms with Crippen LogP contribution < -0.4 is 16.0 Å². The number of benzene rings is 1. The molecule has 1 saturated heterocycles. The lowest BCUT2D eigenvalue weighted by Gasteiger charge is -2.22. The van der Waals surface area contributed by atoms with Crippen molar-refractivity contribution >= 4 is 36.6 Å². The van der Waals surface area contributed by atoms with E-state index < -0.39 is 0 Å². The van der Waals surface area contributed by atoms with Gasteiger partial charge in [-0.15, -0.1) is 24.8 Å². The minimum Gasteiger partial charge on any atom is -0.352 e. The number of carbonyl (C=O) groups excluding carboxylic acids is 2. The van der Waals surface area contributed by atoms with Crippen molar-refractivity contribution < 1.29 is 9.59 Å². The largest absolute Gasteiger partial charge is 0.352 e. The van der Waals surface area contributed by atoms with Crippen LogP contribution in [-0.4, -0.2) is 57.0 Å². The van der Waals surface area contributed by atoms with Crippen LogP contribution in [0.5, 0.6) is 0 Å². The highest BCUT2D eigenvalue weighted by molar-refractivity contribution is 5.94. The topological polar surface area (TPSA) is 73.5 Å². The second-order valence-corrected chi connectivity index (χ2v) is 7.26. The van der Waals surface area contributed by atoms with E-state index >= 15 is 0 Å². The Labute approximate surface area is 181 Å². The summed E-state index contributed by atoms with van der Waals surface area (Å²) in [6.45, 7) is 4.09. The quantitative estimate of drug-likeness (QED) is 0.559. The molecule has 1 aromatic carbocycles. The summed E-state index contributed by atoms with van der Waals surface area (Å²) in [7, 11) is 3.95. The standard InChI is InChI=1S/C20H32N4O2.2ClH/c1-24(2)14-13-22-20(26)18-6-3-17(4-7-18)15-23-19(25)8-5-16-9-11-21-12-10-16;;/h3-4,6-7,16,21H,5,8-15H2,1-2H3,(H,22,26)(H,23,25);2*1H. The van der Waals surface area contributed by atoms with Crippen LogP contribution in [0.4, 0.5) is 0 Å². The van der Waals surface area contributed by atoms with Gasteiger partial charge in [0.15, 0.2) is 0 Å². The highest BCUT2D eigenvalue weighted by Crippen LogP contribution is 2.17. The number of piperidine rings is 1. The van der Waals surface area contributed by atoms with E-state index in [1.807, 2.05) is 43.3 Å². The van der Waals surface area contributed by atoms with E-state index in [1.54, 1.807) is 0 Å². The Bertz CT molecular complexity index is 576. The van der Waals surface area contributed by atoms with Gasteiger partial charge in [-0.1, -0.05) is 12.1 Å². The zero-order chi connectivity index (χ0) is 18.8. The first-order valence-corrected chi connectivity index (χ1v) is 9.54. The van der Waals surface area contributed by atoms with Gasteiger partial charge < -0.3 is 20.9 Å². The average Bonchev–Trinajstić information content (AvgIpc) is 2.65. The molecule has 1 fully saturated rings. The van der Waals surface area contributed by atoms with E-state index in [0.29, 0.717) is 31.0 Å². The molecule has 1 aliphatic rings. The van der Waals surface area contributed by atoms with Gasteiger partial charge in [-0.3, -0.25) is 9.59 Å². The fraction of sp³-hybridized carbons (Fsp3) is 0.600. The third kappa shape index (κ3) is 10.3. The van der Waals surface area contributed by atoms with E-state index in [-0.39, 0.29) is 36.6 Å². The molecule has 0 atom stereocenters. The van der Waals surface area contributed by atoms with E-state index in [9.17, 15) is 9.59 Å². The molecule has 3 N–H and O–H groups in total. The fourth-order valence-corrected chi connectivity index (χ4v) is 3.06. The second-order valence-electron chi connectivity index (χ2n) is 7.26. The zero-order valence-corrected chi connectivity index (χ0v) is 18.5. The van der Waals surface area contributed by atoms with Gasteiger partial charge in [-0.2, -0.15) is 0 Å². The van der Waals surface area contributed by atoms with Crippen LogP contribution in [0.2, 0.25) is 0 Å². The van der Waals surface area contributed by atoms with E-state index in [1.165, 1.54) is 12.8 Å². The number of amides is 2. The Morgan fingerprint density at radius 2 is 1.71 bits per heavy atom. The first-order chi connectivity index (χ1) is 12.5. The van der Waals surface area contributed by atoms with Crippen molar-refractivity contribution in [2.24, 2.45) is 5.92 Å². The number of halogens is 2. The smallest absolute Gasteiger partial charge is 0.251 e. The Kier molecular flexibility index (Phi) is 13.9. The van der Waals surface area contributed by atoms with E-state index in [4.69, 9.17) is 0 Å². The maximum atomic E-state index is 12.0. The number of nitrogens with zero attached hydrogens (tertiary/aromatic N) is 1. The molecule has 1 aliphatic heterocycles. The van der Waals surface area contributed by atoms with Crippen LogP contribution in [0.15, 0.2) is 24.3 Å².